The molecule has 1 heterocycles. The van der Waals surface area contributed by atoms with Crippen LogP contribution < -0.4 is 5.32 Å². The van der Waals surface area contributed by atoms with Crippen molar-refractivity contribution in [2.24, 2.45) is 0 Å². The third-order valence-corrected chi connectivity index (χ3v) is 3.62. The molecule has 0 atom stereocenters. The Kier molecular flexibility index (Phi) is 3.88. The molecule has 1 aromatic rings. The first-order chi connectivity index (χ1) is 8.50. The van der Waals surface area contributed by atoms with E-state index >= 15 is 0 Å². The molecule has 0 spiro atoms. The standard InChI is InChI=1S/C13H17ClN2O2/c1-9-10(4-5-11(14)16-9)12(17)15-8-13(18)6-2-3-7-13/h4-5,18H,2-3,6-8H2,1H3,(H,15,17). The van der Waals surface area contributed by atoms with E-state index in [0.717, 1.165) is 25.7 Å². The quantitative estimate of drug-likeness (QED) is 0.825. The van der Waals surface area contributed by atoms with Crippen LogP contribution in [0.15, 0.2) is 12.1 Å². The highest BCUT2D eigenvalue weighted by Gasteiger charge is 2.31. The molecule has 1 aromatic heterocycles. The van der Waals surface area contributed by atoms with E-state index in [1.807, 2.05) is 0 Å². The summed E-state index contributed by atoms with van der Waals surface area (Å²) >= 11 is 5.74. The largest absolute Gasteiger partial charge is 0.388 e. The van der Waals surface area contributed by atoms with Crippen LogP contribution in [0.2, 0.25) is 5.15 Å². The summed E-state index contributed by atoms with van der Waals surface area (Å²) in [6.45, 7) is 2.04. The average molecular weight is 269 g/mol. The predicted molar refractivity (Wildman–Crippen MR) is 69.7 cm³/mol. The minimum Gasteiger partial charge on any atom is -0.388 e. The van der Waals surface area contributed by atoms with Crippen molar-refractivity contribution in [3.8, 4) is 0 Å². The molecule has 2 rings (SSSR count). The van der Waals surface area contributed by atoms with Crippen LogP contribution >= 0.6 is 11.6 Å². The van der Waals surface area contributed by atoms with Crippen molar-refractivity contribution in [2.45, 2.75) is 38.2 Å². The molecular formula is C13H17ClN2O2. The van der Waals surface area contributed by atoms with Crippen LogP contribution in [0.5, 0.6) is 0 Å². The highest BCUT2D eigenvalue weighted by molar-refractivity contribution is 6.29. The fraction of sp³-hybridized carbons (Fsp3) is 0.538. The Morgan fingerprint density at radius 2 is 2.17 bits per heavy atom. The molecule has 4 nitrogen and oxygen atoms in total. The van der Waals surface area contributed by atoms with Gasteiger partial charge >= 0.3 is 0 Å². The van der Waals surface area contributed by atoms with Gasteiger partial charge in [0.05, 0.1) is 16.9 Å². The Morgan fingerprint density at radius 3 is 2.78 bits per heavy atom. The number of amides is 1. The van der Waals surface area contributed by atoms with Crippen LogP contribution in [-0.2, 0) is 0 Å². The SMILES string of the molecule is Cc1nc(Cl)ccc1C(=O)NCC1(O)CCCC1. The van der Waals surface area contributed by atoms with Crippen molar-refractivity contribution in [3.63, 3.8) is 0 Å². The number of hydrogen-bond donors (Lipinski definition) is 2. The maximum absolute atomic E-state index is 12.0. The molecule has 1 fully saturated rings. The van der Waals surface area contributed by atoms with Gasteiger partial charge in [-0.2, -0.15) is 0 Å². The number of nitrogens with one attached hydrogen (secondary N) is 1. The molecule has 0 radical (unpaired) electrons. The highest BCUT2D eigenvalue weighted by Crippen LogP contribution is 2.28. The molecule has 18 heavy (non-hydrogen) atoms. The molecule has 1 aliphatic rings. The van der Waals surface area contributed by atoms with E-state index in [1.54, 1.807) is 19.1 Å². The van der Waals surface area contributed by atoms with Gasteiger partial charge in [0.1, 0.15) is 5.15 Å². The predicted octanol–water partition coefficient (Wildman–Crippen LogP) is 2.08. The summed E-state index contributed by atoms with van der Waals surface area (Å²) in [5.41, 5.74) is 0.364. The van der Waals surface area contributed by atoms with Crippen LogP contribution in [0.3, 0.4) is 0 Å². The summed E-state index contributed by atoms with van der Waals surface area (Å²) in [6.07, 6.45) is 3.55. The number of nitrogens with zero attached hydrogens (tertiary/aromatic N) is 1. The molecule has 0 unspecified atom stereocenters. The van der Waals surface area contributed by atoms with Crippen molar-refractivity contribution in [1.29, 1.82) is 0 Å². The molecule has 2 N–H and O–H groups in total. The lowest BCUT2D eigenvalue weighted by atomic mass is 10.0. The second kappa shape index (κ2) is 5.24. The van der Waals surface area contributed by atoms with E-state index in [2.05, 4.69) is 10.3 Å². The number of pyridine rings is 1. The van der Waals surface area contributed by atoms with Crippen molar-refractivity contribution >= 4 is 17.5 Å². The first-order valence-corrected chi connectivity index (χ1v) is 6.52. The molecule has 0 saturated heterocycles. The Bertz CT molecular complexity index is 456. The number of hydrogen-bond acceptors (Lipinski definition) is 3. The Balaban J connectivity index is 1.99. The van der Waals surface area contributed by atoms with Crippen molar-refractivity contribution in [3.05, 3.63) is 28.5 Å². The monoisotopic (exact) mass is 268 g/mol. The normalized spacial score (nSPS) is 17.7. The van der Waals surface area contributed by atoms with Crippen molar-refractivity contribution in [1.82, 2.24) is 10.3 Å². The number of aliphatic hydroxyl groups is 1. The Morgan fingerprint density at radius 1 is 1.50 bits per heavy atom. The number of carbonyl (C=O) groups excluding carboxylic acids is 1. The minimum absolute atomic E-state index is 0.211. The zero-order chi connectivity index (χ0) is 13.2. The van der Waals surface area contributed by atoms with E-state index < -0.39 is 5.60 Å². The van der Waals surface area contributed by atoms with Gasteiger partial charge in [0.25, 0.3) is 5.91 Å². The van der Waals surface area contributed by atoms with E-state index in [1.165, 1.54) is 0 Å². The van der Waals surface area contributed by atoms with Crippen LogP contribution in [0.4, 0.5) is 0 Å². The maximum Gasteiger partial charge on any atom is 0.253 e. The molecule has 0 aromatic carbocycles. The van der Waals surface area contributed by atoms with Crippen molar-refractivity contribution < 1.29 is 9.90 Å². The van der Waals surface area contributed by atoms with Crippen LogP contribution in [0.25, 0.3) is 0 Å². The number of halogens is 1. The molecule has 1 aliphatic carbocycles. The summed E-state index contributed by atoms with van der Waals surface area (Å²) in [4.78, 5) is 16.0. The smallest absolute Gasteiger partial charge is 0.253 e. The van der Waals surface area contributed by atoms with Crippen molar-refractivity contribution in [2.75, 3.05) is 6.54 Å². The first kappa shape index (κ1) is 13.3. The van der Waals surface area contributed by atoms with Gasteiger partial charge in [0.15, 0.2) is 0 Å². The second-order valence-electron chi connectivity index (χ2n) is 4.88. The van der Waals surface area contributed by atoms with E-state index in [9.17, 15) is 9.90 Å². The summed E-state index contributed by atoms with van der Waals surface area (Å²) in [6, 6.07) is 3.24. The van der Waals surface area contributed by atoms with Crippen LogP contribution in [-0.4, -0.2) is 28.1 Å². The summed E-state index contributed by atoms with van der Waals surface area (Å²) < 4.78 is 0. The zero-order valence-electron chi connectivity index (χ0n) is 10.4. The average Bonchev–Trinajstić information content (AvgIpc) is 2.74. The lowest BCUT2D eigenvalue weighted by Gasteiger charge is -2.22. The van der Waals surface area contributed by atoms with Gasteiger partial charge in [0, 0.05) is 6.54 Å². The third kappa shape index (κ3) is 3.00. The molecular weight excluding hydrogens is 252 g/mol. The fourth-order valence-electron chi connectivity index (χ4n) is 2.32. The summed E-state index contributed by atoms with van der Waals surface area (Å²) in [5.74, 6) is -0.211. The topological polar surface area (TPSA) is 62.2 Å². The molecule has 98 valence electrons. The second-order valence-corrected chi connectivity index (χ2v) is 5.27. The van der Waals surface area contributed by atoms with Gasteiger partial charge < -0.3 is 10.4 Å². The minimum atomic E-state index is -0.733. The lowest BCUT2D eigenvalue weighted by Crippen LogP contribution is -2.41. The zero-order valence-corrected chi connectivity index (χ0v) is 11.1. The van der Waals surface area contributed by atoms with E-state index in [-0.39, 0.29) is 5.91 Å². The lowest BCUT2D eigenvalue weighted by molar-refractivity contribution is 0.0449. The molecule has 5 heteroatoms. The number of aromatic nitrogens is 1. The number of carbonyl (C=O) groups is 1. The van der Waals surface area contributed by atoms with Gasteiger partial charge in [-0.05, 0) is 31.9 Å². The van der Waals surface area contributed by atoms with Gasteiger partial charge in [-0.3, -0.25) is 4.79 Å². The van der Waals surface area contributed by atoms with Gasteiger partial charge in [-0.25, -0.2) is 4.98 Å². The molecule has 0 aliphatic heterocycles. The van der Waals surface area contributed by atoms with Crippen LogP contribution in [0.1, 0.15) is 41.7 Å². The van der Waals surface area contributed by atoms with Crippen LogP contribution in [0, 0.1) is 6.92 Å². The van der Waals surface area contributed by atoms with Gasteiger partial charge in [-0.15, -0.1) is 0 Å². The molecule has 1 amide bonds. The Labute approximate surface area is 111 Å². The summed E-state index contributed by atoms with van der Waals surface area (Å²) in [5, 5.41) is 13.3. The molecule has 1 saturated carbocycles. The van der Waals surface area contributed by atoms with Gasteiger partial charge in [-0.1, -0.05) is 24.4 Å². The number of rotatable bonds is 3. The highest BCUT2D eigenvalue weighted by atomic mass is 35.5. The molecule has 0 bridgehead atoms. The Hall–Kier alpha value is -1.13. The number of aryl methyl sites for hydroxylation is 1. The van der Waals surface area contributed by atoms with E-state index in [0.29, 0.717) is 23.0 Å². The van der Waals surface area contributed by atoms with Gasteiger partial charge in [0.2, 0.25) is 0 Å². The first-order valence-electron chi connectivity index (χ1n) is 6.14. The fourth-order valence-corrected chi connectivity index (χ4v) is 2.51. The summed E-state index contributed by atoms with van der Waals surface area (Å²) in [7, 11) is 0. The van der Waals surface area contributed by atoms with E-state index in [4.69, 9.17) is 11.6 Å². The maximum atomic E-state index is 12.0. The third-order valence-electron chi connectivity index (χ3n) is 3.41.